The van der Waals surface area contributed by atoms with Gasteiger partial charge in [0.05, 0.1) is 39.0 Å². The standard InChI is InChI=1S/C22H30N4O4/c1-29-15-6-10-23-21(27)22(28)24-17-19(20-9-5-16-30-20)26-13-11-25(12-14-26)18-7-3-2-4-8-18/h2-5,7-9,16,19H,6,10-15,17H2,1H3,(H,23,27)(H,24,28)/p+1/t19-/m1/s1. The number of nitrogens with zero attached hydrogens (tertiary/aromatic N) is 1. The Balaban J connectivity index is 1.53. The van der Waals surface area contributed by atoms with Crippen LogP contribution in [0.5, 0.6) is 0 Å². The van der Waals surface area contributed by atoms with Crippen LogP contribution in [0.15, 0.2) is 53.1 Å². The van der Waals surface area contributed by atoms with E-state index in [4.69, 9.17) is 9.15 Å². The van der Waals surface area contributed by atoms with Crippen LogP contribution in [0.4, 0.5) is 5.69 Å². The van der Waals surface area contributed by atoms with Gasteiger partial charge >= 0.3 is 11.8 Å². The highest BCUT2D eigenvalue weighted by molar-refractivity contribution is 6.35. The molecule has 0 saturated carbocycles. The first-order valence-electron chi connectivity index (χ1n) is 10.4. The Hall–Kier alpha value is -2.84. The summed E-state index contributed by atoms with van der Waals surface area (Å²) in [6.07, 6.45) is 2.31. The SMILES string of the molecule is COCCCNC(=O)C(=O)NC[C@H](c1ccco1)[NH+]1CCN(c2ccccc2)CC1. The van der Waals surface area contributed by atoms with Crippen LogP contribution in [0.25, 0.3) is 0 Å². The van der Waals surface area contributed by atoms with E-state index in [1.807, 2.05) is 18.2 Å². The van der Waals surface area contributed by atoms with Gasteiger partial charge in [-0.25, -0.2) is 0 Å². The van der Waals surface area contributed by atoms with Crippen LogP contribution in [-0.4, -0.2) is 64.8 Å². The summed E-state index contributed by atoms with van der Waals surface area (Å²) in [6.45, 7) is 4.97. The van der Waals surface area contributed by atoms with E-state index in [0.717, 1.165) is 31.9 Å². The van der Waals surface area contributed by atoms with E-state index in [-0.39, 0.29) is 6.04 Å². The van der Waals surface area contributed by atoms with Gasteiger partial charge in [-0.3, -0.25) is 9.59 Å². The Morgan fingerprint density at radius 3 is 2.50 bits per heavy atom. The number of carbonyl (C=O) groups is 2. The van der Waals surface area contributed by atoms with Crippen LogP contribution < -0.4 is 20.4 Å². The van der Waals surface area contributed by atoms with E-state index in [1.54, 1.807) is 13.4 Å². The van der Waals surface area contributed by atoms with Crippen LogP contribution in [-0.2, 0) is 14.3 Å². The molecule has 8 nitrogen and oxygen atoms in total. The third kappa shape index (κ3) is 6.08. The molecule has 1 saturated heterocycles. The normalized spacial score (nSPS) is 15.6. The lowest BCUT2D eigenvalue weighted by molar-refractivity contribution is -0.932. The molecule has 0 radical (unpaired) electrons. The third-order valence-electron chi connectivity index (χ3n) is 5.39. The predicted octanol–water partition coefficient (Wildman–Crippen LogP) is -0.00530. The zero-order valence-electron chi connectivity index (χ0n) is 17.4. The van der Waals surface area contributed by atoms with E-state index in [2.05, 4.69) is 39.8 Å². The lowest BCUT2D eigenvalue weighted by Gasteiger charge is -2.37. The predicted molar refractivity (Wildman–Crippen MR) is 113 cm³/mol. The average molecular weight is 416 g/mol. The van der Waals surface area contributed by atoms with Gasteiger partial charge in [0.15, 0.2) is 11.8 Å². The maximum Gasteiger partial charge on any atom is 0.309 e. The summed E-state index contributed by atoms with van der Waals surface area (Å²) in [5, 5.41) is 5.39. The van der Waals surface area contributed by atoms with Crippen molar-refractivity contribution in [1.82, 2.24) is 10.6 Å². The van der Waals surface area contributed by atoms with Crippen LogP contribution in [0, 0.1) is 0 Å². The van der Waals surface area contributed by atoms with Crippen molar-refractivity contribution in [2.24, 2.45) is 0 Å². The second-order valence-corrected chi connectivity index (χ2v) is 7.36. The smallest absolute Gasteiger partial charge is 0.309 e. The van der Waals surface area contributed by atoms with Gasteiger partial charge in [-0.1, -0.05) is 18.2 Å². The number of piperazine rings is 1. The number of benzene rings is 1. The number of hydrogen-bond donors (Lipinski definition) is 3. The third-order valence-corrected chi connectivity index (χ3v) is 5.39. The molecule has 1 aromatic carbocycles. The molecule has 2 aromatic rings. The van der Waals surface area contributed by atoms with Gasteiger partial charge in [-0.2, -0.15) is 0 Å². The Morgan fingerprint density at radius 2 is 1.83 bits per heavy atom. The van der Waals surface area contributed by atoms with Crippen molar-refractivity contribution in [2.75, 3.05) is 57.9 Å². The molecule has 3 rings (SSSR count). The largest absolute Gasteiger partial charge is 0.463 e. The highest BCUT2D eigenvalue weighted by atomic mass is 16.5. The molecule has 30 heavy (non-hydrogen) atoms. The number of quaternary nitrogens is 1. The number of carbonyl (C=O) groups excluding carboxylic acids is 2. The second-order valence-electron chi connectivity index (χ2n) is 7.36. The van der Waals surface area contributed by atoms with Crippen molar-refractivity contribution in [3.63, 3.8) is 0 Å². The molecule has 1 aromatic heterocycles. The quantitative estimate of drug-likeness (QED) is 0.396. The number of furan rings is 1. The van der Waals surface area contributed by atoms with E-state index in [0.29, 0.717) is 26.1 Å². The van der Waals surface area contributed by atoms with Gasteiger partial charge in [-0.05, 0) is 30.7 Å². The van der Waals surface area contributed by atoms with Gasteiger partial charge < -0.3 is 29.6 Å². The number of anilines is 1. The van der Waals surface area contributed by atoms with Crippen molar-refractivity contribution in [1.29, 1.82) is 0 Å². The molecule has 8 heteroatoms. The molecular weight excluding hydrogens is 384 g/mol. The number of para-hydroxylation sites is 1. The fourth-order valence-corrected chi connectivity index (χ4v) is 3.75. The fourth-order valence-electron chi connectivity index (χ4n) is 3.75. The van der Waals surface area contributed by atoms with Crippen LogP contribution in [0.2, 0.25) is 0 Å². The summed E-state index contributed by atoms with van der Waals surface area (Å²) < 4.78 is 10.6. The first-order valence-corrected chi connectivity index (χ1v) is 10.4. The molecule has 2 amide bonds. The summed E-state index contributed by atoms with van der Waals surface area (Å²) in [5.74, 6) is -0.418. The minimum absolute atomic E-state index is 0.0387. The summed E-state index contributed by atoms with van der Waals surface area (Å²) >= 11 is 0. The van der Waals surface area contributed by atoms with Crippen molar-refractivity contribution in [3.8, 4) is 0 Å². The fraction of sp³-hybridized carbons (Fsp3) is 0.455. The first kappa shape index (κ1) is 21.9. The maximum atomic E-state index is 12.2. The Bertz CT molecular complexity index is 774. The summed E-state index contributed by atoms with van der Waals surface area (Å²) in [7, 11) is 1.60. The van der Waals surface area contributed by atoms with Crippen molar-refractivity contribution in [3.05, 3.63) is 54.5 Å². The molecule has 1 aliphatic heterocycles. The minimum Gasteiger partial charge on any atom is -0.463 e. The van der Waals surface area contributed by atoms with Crippen LogP contribution >= 0.6 is 0 Å². The Labute approximate surface area is 177 Å². The van der Waals surface area contributed by atoms with Crippen LogP contribution in [0.1, 0.15) is 18.2 Å². The Morgan fingerprint density at radius 1 is 1.10 bits per heavy atom. The van der Waals surface area contributed by atoms with Crippen molar-refractivity contribution >= 4 is 17.5 Å². The van der Waals surface area contributed by atoms with Crippen LogP contribution in [0.3, 0.4) is 0 Å². The van der Waals surface area contributed by atoms with E-state index >= 15 is 0 Å². The van der Waals surface area contributed by atoms with Gasteiger partial charge in [-0.15, -0.1) is 0 Å². The van der Waals surface area contributed by atoms with E-state index in [1.165, 1.54) is 10.6 Å². The number of ether oxygens (including phenoxy) is 1. The summed E-state index contributed by atoms with van der Waals surface area (Å²) in [4.78, 5) is 27.9. The van der Waals surface area contributed by atoms with Gasteiger partial charge in [0.2, 0.25) is 0 Å². The molecule has 0 bridgehead atoms. The summed E-state index contributed by atoms with van der Waals surface area (Å²) in [6, 6.07) is 14.1. The zero-order chi connectivity index (χ0) is 21.2. The Kier molecular flexibility index (Phi) is 8.29. The van der Waals surface area contributed by atoms with E-state index < -0.39 is 11.8 Å². The number of amides is 2. The molecule has 1 fully saturated rings. The molecule has 0 spiro atoms. The average Bonchev–Trinajstić information content (AvgIpc) is 3.32. The minimum atomic E-state index is -0.619. The summed E-state index contributed by atoms with van der Waals surface area (Å²) in [5.41, 5.74) is 1.23. The lowest BCUT2D eigenvalue weighted by Crippen LogP contribution is -3.15. The van der Waals surface area contributed by atoms with Gasteiger partial charge in [0.25, 0.3) is 0 Å². The molecule has 162 valence electrons. The molecule has 1 aliphatic rings. The molecule has 2 heterocycles. The molecule has 1 atom stereocenters. The zero-order valence-corrected chi connectivity index (χ0v) is 17.4. The topological polar surface area (TPSA) is 88.2 Å². The number of hydrogen-bond acceptors (Lipinski definition) is 5. The molecule has 3 N–H and O–H groups in total. The van der Waals surface area contributed by atoms with Crippen molar-refractivity contribution < 1.29 is 23.6 Å². The molecular formula is C22H31N4O4+. The number of methoxy groups -OCH3 is 1. The monoisotopic (exact) mass is 415 g/mol. The molecule has 0 unspecified atom stereocenters. The molecule has 0 aliphatic carbocycles. The van der Waals surface area contributed by atoms with E-state index in [9.17, 15) is 9.59 Å². The van der Waals surface area contributed by atoms with Gasteiger partial charge in [0.1, 0.15) is 0 Å². The maximum absolute atomic E-state index is 12.2. The van der Waals surface area contributed by atoms with Gasteiger partial charge in [0, 0.05) is 25.9 Å². The highest BCUT2D eigenvalue weighted by Crippen LogP contribution is 2.14. The second kappa shape index (κ2) is 11.4. The number of nitrogens with one attached hydrogen (secondary N) is 3. The highest BCUT2D eigenvalue weighted by Gasteiger charge is 2.31. The van der Waals surface area contributed by atoms with Crippen molar-refractivity contribution in [2.45, 2.75) is 12.5 Å². The lowest BCUT2D eigenvalue weighted by atomic mass is 10.1. The first-order chi connectivity index (χ1) is 14.7. The number of rotatable bonds is 9.